The molecule has 0 saturated carbocycles. The van der Waals surface area contributed by atoms with Crippen molar-refractivity contribution in [2.45, 2.75) is 53.0 Å². The van der Waals surface area contributed by atoms with E-state index in [0.717, 1.165) is 25.1 Å². The lowest BCUT2D eigenvalue weighted by Crippen LogP contribution is -2.33. The van der Waals surface area contributed by atoms with Crippen molar-refractivity contribution in [2.75, 3.05) is 6.54 Å². The number of nitrogens with zero attached hydrogens (tertiary/aromatic N) is 1. The molecule has 2 rings (SSSR count). The van der Waals surface area contributed by atoms with Crippen LogP contribution in [0.15, 0.2) is 23.6 Å². The van der Waals surface area contributed by atoms with Crippen molar-refractivity contribution >= 4 is 11.3 Å². The molecule has 1 atom stereocenters. The van der Waals surface area contributed by atoms with Gasteiger partial charge >= 0.3 is 0 Å². The van der Waals surface area contributed by atoms with Crippen LogP contribution in [-0.4, -0.2) is 17.6 Å². The van der Waals surface area contributed by atoms with Gasteiger partial charge in [-0.15, -0.1) is 11.3 Å². The molecule has 0 aliphatic carbocycles. The van der Waals surface area contributed by atoms with Crippen LogP contribution >= 0.6 is 11.3 Å². The smallest absolute Gasteiger partial charge is 0.0943 e. The van der Waals surface area contributed by atoms with E-state index in [1.165, 1.54) is 28.1 Å². The van der Waals surface area contributed by atoms with Crippen molar-refractivity contribution < 1.29 is 0 Å². The van der Waals surface area contributed by atoms with E-state index in [1.807, 2.05) is 0 Å². The highest BCUT2D eigenvalue weighted by atomic mass is 32.1. The Labute approximate surface area is 132 Å². The standard InChI is InChI=1S/C18H26N2S/c1-5-8-19-17(11-18-20-15(4)12-21-18)10-16-7-6-13(2)14(3)9-16/h6-7,9,12,17,19H,5,8,10-11H2,1-4H3. The molecule has 1 unspecified atom stereocenters. The van der Waals surface area contributed by atoms with E-state index in [-0.39, 0.29) is 0 Å². The van der Waals surface area contributed by atoms with E-state index in [2.05, 4.69) is 61.6 Å². The Kier molecular flexibility index (Phi) is 5.95. The quantitative estimate of drug-likeness (QED) is 0.828. The first kappa shape index (κ1) is 16.2. The first-order valence-corrected chi connectivity index (χ1v) is 8.67. The Balaban J connectivity index is 2.06. The highest BCUT2D eigenvalue weighted by Gasteiger charge is 2.12. The van der Waals surface area contributed by atoms with E-state index in [0.29, 0.717) is 6.04 Å². The van der Waals surface area contributed by atoms with Crippen LogP contribution in [0.1, 0.15) is 40.7 Å². The highest BCUT2D eigenvalue weighted by Crippen LogP contribution is 2.16. The number of benzene rings is 1. The lowest BCUT2D eigenvalue weighted by molar-refractivity contribution is 0.503. The van der Waals surface area contributed by atoms with E-state index in [4.69, 9.17) is 0 Å². The zero-order chi connectivity index (χ0) is 15.2. The molecule has 1 N–H and O–H groups in total. The van der Waals surface area contributed by atoms with Crippen molar-refractivity contribution in [3.63, 3.8) is 0 Å². The molecule has 0 spiro atoms. The Bertz CT molecular complexity index is 574. The maximum absolute atomic E-state index is 4.61. The first-order valence-electron chi connectivity index (χ1n) is 7.79. The van der Waals surface area contributed by atoms with Crippen LogP contribution < -0.4 is 5.32 Å². The molecule has 2 nitrogen and oxygen atoms in total. The molecule has 2 aromatic rings. The lowest BCUT2D eigenvalue weighted by Gasteiger charge is -2.18. The number of hydrogen-bond acceptors (Lipinski definition) is 3. The fourth-order valence-electron chi connectivity index (χ4n) is 2.49. The SMILES string of the molecule is CCCNC(Cc1ccc(C)c(C)c1)Cc1nc(C)cs1. The fourth-order valence-corrected chi connectivity index (χ4v) is 3.34. The van der Waals surface area contributed by atoms with Crippen LogP contribution in [0.2, 0.25) is 0 Å². The molecule has 21 heavy (non-hydrogen) atoms. The summed E-state index contributed by atoms with van der Waals surface area (Å²) in [5.74, 6) is 0. The molecule has 0 amide bonds. The van der Waals surface area contributed by atoms with E-state index in [1.54, 1.807) is 11.3 Å². The molecule has 0 aliphatic heterocycles. The van der Waals surface area contributed by atoms with Gasteiger partial charge in [-0.3, -0.25) is 0 Å². The van der Waals surface area contributed by atoms with Crippen LogP contribution in [0.5, 0.6) is 0 Å². The van der Waals surface area contributed by atoms with Gasteiger partial charge < -0.3 is 5.32 Å². The molecule has 0 saturated heterocycles. The summed E-state index contributed by atoms with van der Waals surface area (Å²) >= 11 is 1.78. The molecule has 3 heteroatoms. The predicted octanol–water partition coefficient (Wildman–Crippen LogP) is 4.22. The van der Waals surface area contributed by atoms with Crippen molar-refractivity contribution in [1.29, 1.82) is 0 Å². The summed E-state index contributed by atoms with van der Waals surface area (Å²) in [7, 11) is 0. The highest BCUT2D eigenvalue weighted by molar-refractivity contribution is 7.09. The number of aryl methyl sites for hydroxylation is 3. The summed E-state index contributed by atoms with van der Waals surface area (Å²) in [6, 6.07) is 7.28. The second kappa shape index (κ2) is 7.71. The Morgan fingerprint density at radius 2 is 1.95 bits per heavy atom. The van der Waals surface area contributed by atoms with E-state index < -0.39 is 0 Å². The fraction of sp³-hybridized carbons (Fsp3) is 0.500. The van der Waals surface area contributed by atoms with Crippen LogP contribution in [0, 0.1) is 20.8 Å². The normalized spacial score (nSPS) is 12.6. The third kappa shape index (κ3) is 4.94. The average Bonchev–Trinajstić information content (AvgIpc) is 2.85. The molecule has 0 fully saturated rings. The molecule has 0 bridgehead atoms. The van der Waals surface area contributed by atoms with Crippen molar-refractivity contribution in [3.05, 3.63) is 51.0 Å². The summed E-state index contributed by atoms with van der Waals surface area (Å²) in [5, 5.41) is 7.06. The van der Waals surface area contributed by atoms with Crippen LogP contribution in [0.3, 0.4) is 0 Å². The topological polar surface area (TPSA) is 24.9 Å². The zero-order valence-corrected chi connectivity index (χ0v) is 14.4. The van der Waals surface area contributed by atoms with Gasteiger partial charge in [0.15, 0.2) is 0 Å². The molecule has 1 aromatic carbocycles. The van der Waals surface area contributed by atoms with E-state index >= 15 is 0 Å². The summed E-state index contributed by atoms with van der Waals surface area (Å²) in [4.78, 5) is 4.61. The summed E-state index contributed by atoms with van der Waals surface area (Å²) in [5.41, 5.74) is 5.30. The van der Waals surface area contributed by atoms with E-state index in [9.17, 15) is 0 Å². The minimum Gasteiger partial charge on any atom is -0.313 e. The molecule has 1 aromatic heterocycles. The zero-order valence-electron chi connectivity index (χ0n) is 13.6. The number of thiazole rings is 1. The number of nitrogens with one attached hydrogen (secondary N) is 1. The summed E-state index contributed by atoms with van der Waals surface area (Å²) < 4.78 is 0. The van der Waals surface area contributed by atoms with Gasteiger partial charge in [0.1, 0.15) is 0 Å². The molecular weight excluding hydrogens is 276 g/mol. The second-order valence-corrected chi connectivity index (χ2v) is 6.80. The Morgan fingerprint density at radius 1 is 1.14 bits per heavy atom. The summed E-state index contributed by atoms with van der Waals surface area (Å²) in [6.45, 7) is 9.72. The molecular formula is C18H26N2S. The van der Waals surface area contributed by atoms with Gasteiger partial charge in [-0.05, 0) is 56.8 Å². The molecule has 1 heterocycles. The van der Waals surface area contributed by atoms with Gasteiger partial charge in [0, 0.05) is 23.5 Å². The molecule has 0 radical (unpaired) electrons. The van der Waals surface area contributed by atoms with Crippen molar-refractivity contribution in [2.24, 2.45) is 0 Å². The third-order valence-electron chi connectivity index (χ3n) is 3.82. The van der Waals surface area contributed by atoms with Gasteiger partial charge in [0.2, 0.25) is 0 Å². The second-order valence-electron chi connectivity index (χ2n) is 5.86. The maximum atomic E-state index is 4.61. The lowest BCUT2D eigenvalue weighted by atomic mass is 9.99. The Hall–Kier alpha value is -1.19. The van der Waals surface area contributed by atoms with Gasteiger partial charge in [0.05, 0.1) is 5.01 Å². The minimum absolute atomic E-state index is 0.470. The molecule has 0 aliphatic rings. The van der Waals surface area contributed by atoms with Gasteiger partial charge in [-0.2, -0.15) is 0 Å². The minimum atomic E-state index is 0.470. The maximum Gasteiger partial charge on any atom is 0.0943 e. The predicted molar refractivity (Wildman–Crippen MR) is 92.3 cm³/mol. The van der Waals surface area contributed by atoms with Crippen molar-refractivity contribution in [1.82, 2.24) is 10.3 Å². The Morgan fingerprint density at radius 3 is 2.57 bits per heavy atom. The van der Waals surface area contributed by atoms with Crippen LogP contribution in [-0.2, 0) is 12.8 Å². The number of rotatable bonds is 7. The van der Waals surface area contributed by atoms with Gasteiger partial charge in [-0.25, -0.2) is 4.98 Å². The largest absolute Gasteiger partial charge is 0.313 e. The number of aromatic nitrogens is 1. The van der Waals surface area contributed by atoms with Crippen LogP contribution in [0.4, 0.5) is 0 Å². The van der Waals surface area contributed by atoms with Crippen LogP contribution in [0.25, 0.3) is 0 Å². The number of hydrogen-bond donors (Lipinski definition) is 1. The van der Waals surface area contributed by atoms with Crippen molar-refractivity contribution in [3.8, 4) is 0 Å². The monoisotopic (exact) mass is 302 g/mol. The third-order valence-corrected chi connectivity index (χ3v) is 4.81. The van der Waals surface area contributed by atoms with Gasteiger partial charge in [-0.1, -0.05) is 25.1 Å². The molecule has 114 valence electrons. The average molecular weight is 302 g/mol. The van der Waals surface area contributed by atoms with Gasteiger partial charge in [0.25, 0.3) is 0 Å². The first-order chi connectivity index (χ1) is 10.1. The summed E-state index contributed by atoms with van der Waals surface area (Å²) in [6.07, 6.45) is 3.26.